The van der Waals surface area contributed by atoms with Gasteiger partial charge in [0.15, 0.2) is 6.73 Å². The van der Waals surface area contributed by atoms with Gasteiger partial charge in [-0.3, -0.25) is 10.1 Å². The van der Waals surface area contributed by atoms with Crippen molar-refractivity contribution in [2.24, 2.45) is 23.7 Å². The van der Waals surface area contributed by atoms with E-state index in [9.17, 15) is 10.1 Å². The number of anilines is 1. The summed E-state index contributed by atoms with van der Waals surface area (Å²) in [6, 6.07) is 6.59. The maximum Gasteiger partial charge on any atom is 0.269 e. The van der Waals surface area contributed by atoms with Gasteiger partial charge in [0.2, 0.25) is 11.6 Å². The summed E-state index contributed by atoms with van der Waals surface area (Å²) >= 11 is 0. The van der Waals surface area contributed by atoms with Gasteiger partial charge in [-0.15, -0.1) is 0 Å². The highest BCUT2D eigenvalue weighted by molar-refractivity contribution is 5.67. The summed E-state index contributed by atoms with van der Waals surface area (Å²) in [5.74, 6) is 2.31. The molecule has 2 saturated heterocycles. The highest BCUT2D eigenvalue weighted by Gasteiger charge is 2.55. The number of hydrogen-bond acceptors (Lipinski definition) is 8. The van der Waals surface area contributed by atoms with Crippen LogP contribution < -0.4 is 19.1 Å². The van der Waals surface area contributed by atoms with Crippen molar-refractivity contribution in [2.75, 3.05) is 24.8 Å². The van der Waals surface area contributed by atoms with E-state index in [1.807, 2.05) is 6.92 Å². The van der Waals surface area contributed by atoms with Crippen LogP contribution in [0, 0.1) is 33.8 Å². The van der Waals surface area contributed by atoms with Crippen LogP contribution in [0.25, 0.3) is 0 Å². The first-order chi connectivity index (χ1) is 17.7. The molecule has 0 spiro atoms. The zero-order valence-corrected chi connectivity index (χ0v) is 21.6. The second kappa shape index (κ2) is 7.74. The van der Waals surface area contributed by atoms with Crippen molar-refractivity contribution < 1.29 is 28.6 Å². The normalized spacial score (nSPS) is 35.2. The lowest BCUT2D eigenvalue weighted by Gasteiger charge is -2.45. The fourth-order valence-corrected chi connectivity index (χ4v) is 7.02. The summed E-state index contributed by atoms with van der Waals surface area (Å²) in [5.41, 5.74) is 4.09. The standard InChI is InChI=1S/C28H32N2O7/c1-15-12-34-27(3)22(15)9-19-24-21(11-29(14-33-24)17-5-7-18(8-6-17)30(31)32)26-20(25(19)36-27)10-23-16(2)13-35-28(23,4)37-26/h5-8,15-16,22-23H,9-14H2,1-4H3/t15-,16-,22+,23+,27+,28+/m0/s1. The lowest BCUT2D eigenvalue weighted by Crippen LogP contribution is -2.48. The van der Waals surface area contributed by atoms with Crippen LogP contribution >= 0.6 is 0 Å². The van der Waals surface area contributed by atoms with Crippen molar-refractivity contribution in [1.82, 2.24) is 0 Å². The lowest BCUT2D eigenvalue weighted by molar-refractivity contribution is -0.384. The Morgan fingerprint density at radius 2 is 1.41 bits per heavy atom. The molecule has 37 heavy (non-hydrogen) atoms. The molecular formula is C28H32N2O7. The molecule has 5 heterocycles. The predicted molar refractivity (Wildman–Crippen MR) is 134 cm³/mol. The van der Waals surface area contributed by atoms with Gasteiger partial charge in [0.25, 0.3) is 5.69 Å². The summed E-state index contributed by atoms with van der Waals surface area (Å²) < 4.78 is 32.3. The van der Waals surface area contributed by atoms with E-state index >= 15 is 0 Å². The Hall–Kier alpha value is -3.04. The summed E-state index contributed by atoms with van der Waals surface area (Å²) in [6.45, 7) is 10.8. The summed E-state index contributed by atoms with van der Waals surface area (Å²) in [4.78, 5) is 12.8. The molecule has 6 atom stereocenters. The van der Waals surface area contributed by atoms with E-state index in [-0.39, 0.29) is 22.4 Å². The molecule has 0 aliphatic carbocycles. The van der Waals surface area contributed by atoms with Gasteiger partial charge in [-0.05, 0) is 36.8 Å². The smallest absolute Gasteiger partial charge is 0.269 e. The van der Waals surface area contributed by atoms with Gasteiger partial charge < -0.3 is 28.6 Å². The van der Waals surface area contributed by atoms with Crippen LogP contribution in [0.2, 0.25) is 0 Å². The third kappa shape index (κ3) is 3.29. The van der Waals surface area contributed by atoms with Crippen LogP contribution in [-0.4, -0.2) is 36.4 Å². The third-order valence-electron chi connectivity index (χ3n) is 9.23. The van der Waals surface area contributed by atoms with Crippen LogP contribution in [-0.2, 0) is 28.9 Å². The molecule has 2 fully saturated rings. The third-order valence-corrected chi connectivity index (χ3v) is 9.23. The minimum absolute atomic E-state index is 0.0661. The SMILES string of the molecule is C[C@H]1CO[C@]2(C)Oc3c(c4c(c5c3C[C@@H]3[C@@H](C)CO[C@]3(C)O5)CN(c3ccc([N+](=O)[O-])cc3)CO4)C[C@H]12. The maximum absolute atomic E-state index is 11.1. The van der Waals surface area contributed by atoms with Crippen molar-refractivity contribution in [3.8, 4) is 17.2 Å². The van der Waals surface area contributed by atoms with Gasteiger partial charge in [-0.1, -0.05) is 13.8 Å². The molecule has 0 aromatic heterocycles. The van der Waals surface area contributed by atoms with E-state index in [0.29, 0.717) is 38.3 Å². The molecule has 0 radical (unpaired) electrons. The molecule has 0 amide bonds. The molecule has 9 nitrogen and oxygen atoms in total. The van der Waals surface area contributed by atoms with E-state index in [4.69, 9.17) is 23.7 Å². The zero-order chi connectivity index (χ0) is 25.7. The molecule has 9 heteroatoms. The number of fused-ring (bicyclic) bond motifs is 8. The largest absolute Gasteiger partial charge is 0.472 e. The molecule has 196 valence electrons. The Balaban J connectivity index is 1.35. The van der Waals surface area contributed by atoms with Gasteiger partial charge in [0.1, 0.15) is 17.2 Å². The number of nitrogens with zero attached hydrogens (tertiary/aromatic N) is 2. The summed E-state index contributed by atoms with van der Waals surface area (Å²) in [7, 11) is 0. The van der Waals surface area contributed by atoms with E-state index < -0.39 is 11.6 Å². The topological polar surface area (TPSA) is 92.5 Å². The second-order valence-corrected chi connectivity index (χ2v) is 11.6. The highest BCUT2D eigenvalue weighted by Crippen LogP contribution is 2.58. The first-order valence-corrected chi connectivity index (χ1v) is 13.2. The zero-order valence-electron chi connectivity index (χ0n) is 21.6. The highest BCUT2D eigenvalue weighted by atomic mass is 16.7. The minimum atomic E-state index is -0.705. The first kappa shape index (κ1) is 23.1. The Kier molecular flexibility index (Phi) is 4.83. The fraction of sp³-hybridized carbons (Fsp3) is 0.571. The lowest BCUT2D eigenvalue weighted by atomic mass is 9.77. The monoisotopic (exact) mass is 508 g/mol. The van der Waals surface area contributed by atoms with Crippen LogP contribution in [0.1, 0.15) is 44.4 Å². The van der Waals surface area contributed by atoms with E-state index in [1.165, 1.54) is 12.1 Å². The van der Waals surface area contributed by atoms with Gasteiger partial charge in [0.05, 0.1) is 30.2 Å². The molecule has 0 saturated carbocycles. The molecular weight excluding hydrogens is 476 g/mol. The maximum atomic E-state index is 11.1. The van der Waals surface area contributed by atoms with Crippen LogP contribution in [0.4, 0.5) is 11.4 Å². The molecule has 5 aliphatic heterocycles. The van der Waals surface area contributed by atoms with Crippen LogP contribution in [0.5, 0.6) is 17.2 Å². The van der Waals surface area contributed by atoms with Crippen LogP contribution in [0.3, 0.4) is 0 Å². The molecule has 0 unspecified atom stereocenters. The molecule has 7 rings (SSSR count). The number of benzene rings is 2. The Labute approximate surface area is 215 Å². The predicted octanol–water partition coefficient (Wildman–Crippen LogP) is 4.82. The first-order valence-electron chi connectivity index (χ1n) is 13.2. The fourth-order valence-electron chi connectivity index (χ4n) is 7.02. The van der Waals surface area contributed by atoms with Crippen LogP contribution in [0.15, 0.2) is 24.3 Å². The van der Waals surface area contributed by atoms with E-state index in [1.54, 1.807) is 12.1 Å². The molecule has 5 aliphatic rings. The summed E-state index contributed by atoms with van der Waals surface area (Å²) in [6.07, 6.45) is 1.63. The van der Waals surface area contributed by atoms with E-state index in [0.717, 1.165) is 52.5 Å². The second-order valence-electron chi connectivity index (χ2n) is 11.6. The van der Waals surface area contributed by atoms with Crippen molar-refractivity contribution in [2.45, 2.75) is 58.7 Å². The van der Waals surface area contributed by atoms with Crippen molar-refractivity contribution in [3.05, 3.63) is 51.1 Å². The quantitative estimate of drug-likeness (QED) is 0.421. The van der Waals surface area contributed by atoms with Crippen molar-refractivity contribution in [1.29, 1.82) is 0 Å². The number of ether oxygens (including phenoxy) is 5. The number of hydrogen-bond donors (Lipinski definition) is 0. The van der Waals surface area contributed by atoms with Gasteiger partial charge >= 0.3 is 0 Å². The Morgan fingerprint density at radius 1 is 0.865 bits per heavy atom. The average Bonchev–Trinajstić information content (AvgIpc) is 3.35. The molecule has 2 aromatic rings. The van der Waals surface area contributed by atoms with Gasteiger partial charge in [-0.2, -0.15) is 0 Å². The van der Waals surface area contributed by atoms with Crippen molar-refractivity contribution >= 4 is 11.4 Å². The summed E-state index contributed by atoms with van der Waals surface area (Å²) in [5, 5.41) is 11.1. The molecule has 0 N–H and O–H groups in total. The number of rotatable bonds is 2. The van der Waals surface area contributed by atoms with Crippen molar-refractivity contribution in [3.63, 3.8) is 0 Å². The molecule has 2 aromatic carbocycles. The van der Waals surface area contributed by atoms with E-state index in [2.05, 4.69) is 25.7 Å². The molecule has 0 bridgehead atoms. The Bertz CT molecular complexity index is 1300. The number of nitro benzene ring substituents is 1. The minimum Gasteiger partial charge on any atom is -0.472 e. The van der Waals surface area contributed by atoms with Gasteiger partial charge in [-0.25, -0.2) is 0 Å². The average molecular weight is 509 g/mol. The number of nitro groups is 1. The number of non-ortho nitro benzene ring substituents is 1. The Morgan fingerprint density at radius 3 is 1.97 bits per heavy atom. The van der Waals surface area contributed by atoms with Gasteiger partial charge in [0, 0.05) is 54.6 Å².